The second kappa shape index (κ2) is 9.53. The van der Waals surface area contributed by atoms with Crippen LogP contribution in [0.5, 0.6) is 0 Å². The van der Waals surface area contributed by atoms with Crippen molar-refractivity contribution in [1.29, 1.82) is 0 Å². The first kappa shape index (κ1) is 20.1. The summed E-state index contributed by atoms with van der Waals surface area (Å²) < 4.78 is 0. The zero-order chi connectivity index (χ0) is 20.1. The van der Waals surface area contributed by atoms with Crippen LogP contribution in [-0.2, 0) is 11.2 Å². The Bertz CT molecular complexity index is 779. The third-order valence-electron chi connectivity index (χ3n) is 6.77. The molecule has 0 unspecified atom stereocenters. The molecule has 1 amide bonds. The number of benzene rings is 1. The Balaban J connectivity index is 1.51. The Morgan fingerprint density at radius 1 is 1.03 bits per heavy atom. The molecule has 0 saturated carbocycles. The highest BCUT2D eigenvalue weighted by Gasteiger charge is 2.42. The SMILES string of the molecule is CN1CC[C@H](c2ccccc2)[C@@H]2[C@H]1CCCCN2C(=O)CCCc1ccccn1. The number of likely N-dealkylation sites (tertiary alicyclic amines) is 2. The molecule has 0 spiro atoms. The number of hydrogen-bond donors (Lipinski definition) is 0. The van der Waals surface area contributed by atoms with E-state index in [-0.39, 0.29) is 0 Å². The number of carbonyl (C=O) groups excluding carboxylic acids is 1. The molecule has 0 aliphatic carbocycles. The number of rotatable bonds is 5. The molecule has 4 rings (SSSR count). The second-order valence-corrected chi connectivity index (χ2v) is 8.60. The van der Waals surface area contributed by atoms with E-state index in [1.54, 1.807) is 0 Å². The maximum absolute atomic E-state index is 13.4. The molecular weight excluding hydrogens is 358 g/mol. The molecule has 2 saturated heterocycles. The summed E-state index contributed by atoms with van der Waals surface area (Å²) in [6.07, 6.45) is 8.84. The first-order chi connectivity index (χ1) is 14.2. The summed E-state index contributed by atoms with van der Waals surface area (Å²) in [6, 6.07) is 17.6. The summed E-state index contributed by atoms with van der Waals surface area (Å²) in [5, 5.41) is 0. The predicted octanol–water partition coefficient (Wildman–Crippen LogP) is 4.27. The topological polar surface area (TPSA) is 36.4 Å². The molecule has 1 aromatic heterocycles. The van der Waals surface area contributed by atoms with Crippen molar-refractivity contribution in [1.82, 2.24) is 14.8 Å². The van der Waals surface area contributed by atoms with Gasteiger partial charge >= 0.3 is 0 Å². The smallest absolute Gasteiger partial charge is 0.222 e. The monoisotopic (exact) mass is 391 g/mol. The van der Waals surface area contributed by atoms with Crippen LogP contribution in [0.15, 0.2) is 54.7 Å². The lowest BCUT2D eigenvalue weighted by molar-refractivity contribution is -0.136. The average molecular weight is 392 g/mol. The molecule has 29 heavy (non-hydrogen) atoms. The number of aryl methyl sites for hydroxylation is 1. The molecule has 154 valence electrons. The Morgan fingerprint density at radius 3 is 2.66 bits per heavy atom. The van der Waals surface area contributed by atoms with Gasteiger partial charge in [-0.25, -0.2) is 0 Å². The van der Waals surface area contributed by atoms with E-state index in [2.05, 4.69) is 52.2 Å². The molecule has 2 aliphatic rings. The molecule has 0 N–H and O–H groups in total. The third-order valence-corrected chi connectivity index (χ3v) is 6.77. The molecule has 0 bridgehead atoms. The van der Waals surface area contributed by atoms with Crippen LogP contribution < -0.4 is 0 Å². The zero-order valence-corrected chi connectivity index (χ0v) is 17.5. The fourth-order valence-electron chi connectivity index (χ4n) is 5.27. The first-order valence-corrected chi connectivity index (χ1v) is 11.2. The van der Waals surface area contributed by atoms with Crippen LogP contribution in [0.3, 0.4) is 0 Å². The van der Waals surface area contributed by atoms with Crippen molar-refractivity contribution in [3.8, 4) is 0 Å². The van der Waals surface area contributed by atoms with Crippen molar-refractivity contribution in [2.24, 2.45) is 0 Å². The van der Waals surface area contributed by atoms with E-state index in [1.165, 1.54) is 18.4 Å². The molecule has 4 heteroatoms. The highest BCUT2D eigenvalue weighted by atomic mass is 16.2. The minimum Gasteiger partial charge on any atom is -0.338 e. The highest BCUT2D eigenvalue weighted by Crippen LogP contribution is 2.38. The standard InChI is InChI=1S/C25H33N3O/c1-27-19-16-22(20-10-3-2-4-11-20)25-23(27)14-6-8-18-28(25)24(29)15-9-13-21-12-5-7-17-26-21/h2-5,7,10-12,17,22-23,25H,6,8-9,13-16,18-19H2,1H3/t22-,23-,25-/m1/s1. The van der Waals surface area contributed by atoms with Crippen molar-refractivity contribution >= 4 is 5.91 Å². The second-order valence-electron chi connectivity index (χ2n) is 8.60. The fourth-order valence-corrected chi connectivity index (χ4v) is 5.27. The molecule has 2 fully saturated rings. The summed E-state index contributed by atoms with van der Waals surface area (Å²) in [5.41, 5.74) is 2.47. The van der Waals surface area contributed by atoms with E-state index in [1.807, 2.05) is 24.4 Å². The number of carbonyl (C=O) groups is 1. The van der Waals surface area contributed by atoms with Crippen LogP contribution >= 0.6 is 0 Å². The number of likely N-dealkylation sites (N-methyl/N-ethyl adjacent to an activating group) is 1. The average Bonchev–Trinajstić information content (AvgIpc) is 2.99. The summed E-state index contributed by atoms with van der Waals surface area (Å²) in [6.45, 7) is 2.02. The van der Waals surface area contributed by atoms with Gasteiger partial charge in [0.15, 0.2) is 0 Å². The quantitative estimate of drug-likeness (QED) is 0.764. The maximum atomic E-state index is 13.4. The van der Waals surface area contributed by atoms with Crippen LogP contribution in [0.25, 0.3) is 0 Å². The lowest BCUT2D eigenvalue weighted by Crippen LogP contribution is -2.58. The van der Waals surface area contributed by atoms with Gasteiger partial charge in [0.05, 0.1) is 6.04 Å². The van der Waals surface area contributed by atoms with Crippen LogP contribution in [0, 0.1) is 0 Å². The van der Waals surface area contributed by atoms with Gasteiger partial charge < -0.3 is 9.80 Å². The van der Waals surface area contributed by atoms with E-state index in [0.717, 1.165) is 44.5 Å². The summed E-state index contributed by atoms with van der Waals surface area (Å²) in [4.78, 5) is 22.5. The molecule has 3 heterocycles. The van der Waals surface area contributed by atoms with Crippen molar-refractivity contribution in [3.63, 3.8) is 0 Å². The number of fused-ring (bicyclic) bond motifs is 1. The largest absolute Gasteiger partial charge is 0.338 e. The van der Waals surface area contributed by atoms with Crippen molar-refractivity contribution < 1.29 is 4.79 Å². The van der Waals surface area contributed by atoms with Crippen molar-refractivity contribution in [2.75, 3.05) is 20.1 Å². The summed E-state index contributed by atoms with van der Waals surface area (Å²) in [7, 11) is 2.24. The molecule has 1 aromatic carbocycles. The molecular formula is C25H33N3O. The lowest BCUT2D eigenvalue weighted by atomic mass is 9.79. The summed E-state index contributed by atoms with van der Waals surface area (Å²) >= 11 is 0. The molecule has 4 nitrogen and oxygen atoms in total. The molecule has 0 radical (unpaired) electrons. The molecule has 2 aromatic rings. The van der Waals surface area contributed by atoms with Gasteiger partial charge in [-0.15, -0.1) is 0 Å². The van der Waals surface area contributed by atoms with Gasteiger partial charge in [0, 0.05) is 36.8 Å². The number of nitrogens with zero attached hydrogens (tertiary/aromatic N) is 3. The van der Waals surface area contributed by atoms with Crippen LogP contribution in [-0.4, -0.2) is 52.9 Å². The van der Waals surface area contributed by atoms with Gasteiger partial charge in [-0.05, 0) is 63.4 Å². The van der Waals surface area contributed by atoms with Gasteiger partial charge in [-0.3, -0.25) is 9.78 Å². The Morgan fingerprint density at radius 2 is 1.86 bits per heavy atom. The van der Waals surface area contributed by atoms with Gasteiger partial charge in [0.25, 0.3) is 0 Å². The first-order valence-electron chi connectivity index (χ1n) is 11.2. The minimum atomic E-state index is 0.293. The Hall–Kier alpha value is -2.20. The van der Waals surface area contributed by atoms with Crippen molar-refractivity contribution in [2.45, 2.75) is 62.9 Å². The van der Waals surface area contributed by atoms with Crippen LogP contribution in [0.4, 0.5) is 0 Å². The van der Waals surface area contributed by atoms with E-state index < -0.39 is 0 Å². The van der Waals surface area contributed by atoms with Crippen molar-refractivity contribution in [3.05, 3.63) is 66.0 Å². The van der Waals surface area contributed by atoms with E-state index in [0.29, 0.717) is 30.3 Å². The molecule has 2 aliphatic heterocycles. The third kappa shape index (κ3) is 4.69. The number of amides is 1. The van der Waals surface area contributed by atoms with E-state index >= 15 is 0 Å². The number of hydrogen-bond acceptors (Lipinski definition) is 3. The minimum absolute atomic E-state index is 0.293. The number of aromatic nitrogens is 1. The Kier molecular flexibility index (Phi) is 6.60. The predicted molar refractivity (Wildman–Crippen MR) is 117 cm³/mol. The Labute approximate surface area is 174 Å². The van der Waals surface area contributed by atoms with Gasteiger partial charge in [0.2, 0.25) is 5.91 Å². The summed E-state index contributed by atoms with van der Waals surface area (Å²) in [5.74, 6) is 0.768. The number of piperidine rings is 1. The van der Waals surface area contributed by atoms with E-state index in [4.69, 9.17) is 0 Å². The van der Waals surface area contributed by atoms with Gasteiger partial charge in [-0.1, -0.05) is 42.8 Å². The number of pyridine rings is 1. The fraction of sp³-hybridized carbons (Fsp3) is 0.520. The lowest BCUT2D eigenvalue weighted by Gasteiger charge is -2.48. The zero-order valence-electron chi connectivity index (χ0n) is 17.5. The van der Waals surface area contributed by atoms with Crippen LogP contribution in [0.2, 0.25) is 0 Å². The molecule has 3 atom stereocenters. The van der Waals surface area contributed by atoms with Gasteiger partial charge in [-0.2, -0.15) is 0 Å². The van der Waals surface area contributed by atoms with Crippen LogP contribution in [0.1, 0.15) is 55.7 Å². The maximum Gasteiger partial charge on any atom is 0.222 e. The van der Waals surface area contributed by atoms with Gasteiger partial charge in [0.1, 0.15) is 0 Å². The highest BCUT2D eigenvalue weighted by molar-refractivity contribution is 5.77. The van der Waals surface area contributed by atoms with E-state index in [9.17, 15) is 4.79 Å². The normalized spacial score (nSPS) is 25.3.